The van der Waals surface area contributed by atoms with Crippen LogP contribution in [0.15, 0.2) is 88.8 Å². The number of amides is 1. The van der Waals surface area contributed by atoms with Crippen molar-refractivity contribution < 1.29 is 19.4 Å². The van der Waals surface area contributed by atoms with E-state index >= 15 is 0 Å². The van der Waals surface area contributed by atoms with Gasteiger partial charge < -0.3 is 9.84 Å². The van der Waals surface area contributed by atoms with E-state index in [0.29, 0.717) is 22.4 Å². The SMILES string of the molecule is CCCN1C(=O)/C(=C/c2ccccc2OCc2ccc(C(=O)O)cc2)SC1=Nc1ccccc1. The lowest BCUT2D eigenvalue weighted by atomic mass is 10.1. The maximum Gasteiger partial charge on any atom is 0.335 e. The maximum atomic E-state index is 13.1. The summed E-state index contributed by atoms with van der Waals surface area (Å²) < 4.78 is 6.01. The van der Waals surface area contributed by atoms with E-state index in [0.717, 1.165) is 23.2 Å². The average Bonchev–Trinajstić information content (AvgIpc) is 3.13. The molecule has 1 aliphatic rings. The quantitative estimate of drug-likeness (QED) is 0.408. The lowest BCUT2D eigenvalue weighted by Crippen LogP contribution is -2.29. The van der Waals surface area contributed by atoms with Crippen LogP contribution in [0.1, 0.15) is 34.8 Å². The van der Waals surface area contributed by atoms with Crippen LogP contribution in [-0.2, 0) is 11.4 Å². The summed E-state index contributed by atoms with van der Waals surface area (Å²) in [5.41, 5.74) is 2.68. The van der Waals surface area contributed by atoms with Crippen molar-refractivity contribution in [2.24, 2.45) is 4.99 Å². The van der Waals surface area contributed by atoms with Crippen LogP contribution in [-0.4, -0.2) is 33.6 Å². The van der Waals surface area contributed by atoms with Gasteiger partial charge in [-0.05, 0) is 60.2 Å². The Morgan fingerprint density at radius 2 is 1.74 bits per heavy atom. The monoisotopic (exact) mass is 472 g/mol. The molecule has 1 heterocycles. The Balaban J connectivity index is 1.56. The zero-order chi connectivity index (χ0) is 23.9. The third-order valence-electron chi connectivity index (χ3n) is 5.12. The second-order valence-corrected chi connectivity index (χ2v) is 8.64. The summed E-state index contributed by atoms with van der Waals surface area (Å²) in [7, 11) is 0. The Morgan fingerprint density at radius 1 is 1.03 bits per heavy atom. The summed E-state index contributed by atoms with van der Waals surface area (Å²) >= 11 is 1.36. The molecule has 1 saturated heterocycles. The predicted octanol–water partition coefficient (Wildman–Crippen LogP) is 5.98. The number of aliphatic imine (C=N–C) groups is 1. The Labute approximate surface area is 202 Å². The molecule has 7 heteroatoms. The first-order valence-corrected chi connectivity index (χ1v) is 11.8. The van der Waals surface area contributed by atoms with Gasteiger partial charge in [-0.1, -0.05) is 55.5 Å². The minimum absolute atomic E-state index is 0.0689. The number of carbonyl (C=O) groups is 2. The minimum atomic E-state index is -0.963. The lowest BCUT2D eigenvalue weighted by molar-refractivity contribution is -0.122. The molecule has 3 aromatic carbocycles. The molecule has 1 N–H and O–H groups in total. The van der Waals surface area contributed by atoms with Crippen molar-refractivity contribution in [3.8, 4) is 5.75 Å². The van der Waals surface area contributed by atoms with E-state index in [4.69, 9.17) is 9.84 Å². The van der Waals surface area contributed by atoms with E-state index in [1.54, 1.807) is 29.2 Å². The van der Waals surface area contributed by atoms with E-state index in [-0.39, 0.29) is 18.1 Å². The van der Waals surface area contributed by atoms with Crippen LogP contribution in [0.25, 0.3) is 6.08 Å². The fourth-order valence-corrected chi connectivity index (χ4v) is 4.42. The number of rotatable bonds is 8. The number of para-hydroxylation sites is 2. The molecule has 6 nitrogen and oxygen atoms in total. The van der Waals surface area contributed by atoms with Gasteiger partial charge in [0, 0.05) is 12.1 Å². The first-order chi connectivity index (χ1) is 16.5. The van der Waals surface area contributed by atoms with Gasteiger partial charge in [-0.15, -0.1) is 0 Å². The molecule has 0 unspecified atom stereocenters. The van der Waals surface area contributed by atoms with Gasteiger partial charge in [-0.2, -0.15) is 0 Å². The number of hydrogen-bond donors (Lipinski definition) is 1. The van der Waals surface area contributed by atoms with Gasteiger partial charge in [0.15, 0.2) is 5.17 Å². The van der Waals surface area contributed by atoms with E-state index in [1.807, 2.05) is 67.6 Å². The minimum Gasteiger partial charge on any atom is -0.488 e. The molecular formula is C27H24N2O4S. The lowest BCUT2D eigenvalue weighted by Gasteiger charge is -2.14. The molecule has 4 rings (SSSR count). The van der Waals surface area contributed by atoms with Gasteiger partial charge >= 0.3 is 5.97 Å². The fraction of sp³-hybridized carbons (Fsp3) is 0.148. The Morgan fingerprint density at radius 3 is 2.44 bits per heavy atom. The molecule has 172 valence electrons. The van der Waals surface area contributed by atoms with Gasteiger partial charge in [0.2, 0.25) is 0 Å². The zero-order valence-electron chi connectivity index (χ0n) is 18.7. The highest BCUT2D eigenvalue weighted by molar-refractivity contribution is 8.18. The summed E-state index contributed by atoms with van der Waals surface area (Å²) in [6.45, 7) is 2.91. The number of thioether (sulfide) groups is 1. The molecule has 1 amide bonds. The van der Waals surface area contributed by atoms with E-state index in [2.05, 4.69) is 4.99 Å². The zero-order valence-corrected chi connectivity index (χ0v) is 19.5. The smallest absolute Gasteiger partial charge is 0.335 e. The number of benzene rings is 3. The van der Waals surface area contributed by atoms with Gasteiger partial charge in [0.1, 0.15) is 12.4 Å². The number of aromatic carboxylic acids is 1. The second kappa shape index (κ2) is 10.9. The number of carboxylic acids is 1. The molecule has 1 aliphatic heterocycles. The molecule has 1 fully saturated rings. The van der Waals surface area contributed by atoms with Gasteiger partial charge in [-0.3, -0.25) is 9.69 Å². The van der Waals surface area contributed by atoms with Crippen molar-refractivity contribution in [3.63, 3.8) is 0 Å². The highest BCUT2D eigenvalue weighted by Crippen LogP contribution is 2.35. The molecule has 0 spiro atoms. The highest BCUT2D eigenvalue weighted by atomic mass is 32.2. The van der Waals surface area contributed by atoms with Crippen molar-refractivity contribution in [2.75, 3.05) is 6.54 Å². The van der Waals surface area contributed by atoms with Crippen molar-refractivity contribution in [3.05, 3.63) is 100 Å². The van der Waals surface area contributed by atoms with Crippen molar-refractivity contribution in [2.45, 2.75) is 20.0 Å². The van der Waals surface area contributed by atoms with Crippen molar-refractivity contribution in [1.29, 1.82) is 0 Å². The summed E-state index contributed by atoms with van der Waals surface area (Å²) in [5.74, 6) is -0.391. The third kappa shape index (κ3) is 5.55. The average molecular weight is 473 g/mol. The highest BCUT2D eigenvalue weighted by Gasteiger charge is 2.33. The number of ether oxygens (including phenoxy) is 1. The second-order valence-electron chi connectivity index (χ2n) is 7.63. The number of carboxylic acid groups (broad SMARTS) is 1. The number of carbonyl (C=O) groups excluding carboxylic acids is 1. The van der Waals surface area contributed by atoms with Crippen LogP contribution in [0, 0.1) is 0 Å². The van der Waals surface area contributed by atoms with Crippen molar-refractivity contribution in [1.82, 2.24) is 4.90 Å². The molecule has 34 heavy (non-hydrogen) atoms. The maximum absolute atomic E-state index is 13.1. The summed E-state index contributed by atoms with van der Waals surface area (Å²) in [4.78, 5) is 31.2. The van der Waals surface area contributed by atoms with Crippen LogP contribution in [0.4, 0.5) is 5.69 Å². The third-order valence-corrected chi connectivity index (χ3v) is 6.12. The predicted molar refractivity (Wildman–Crippen MR) is 135 cm³/mol. The molecule has 0 bridgehead atoms. The largest absolute Gasteiger partial charge is 0.488 e. The number of hydrogen-bond acceptors (Lipinski definition) is 5. The summed E-state index contributed by atoms with van der Waals surface area (Å²) in [5, 5.41) is 9.72. The van der Waals surface area contributed by atoms with E-state index < -0.39 is 5.97 Å². The molecule has 0 aliphatic carbocycles. The Bertz CT molecular complexity index is 1240. The normalized spacial score (nSPS) is 15.8. The Kier molecular flexibility index (Phi) is 7.44. The van der Waals surface area contributed by atoms with Gasteiger partial charge in [0.25, 0.3) is 5.91 Å². The Hall–Kier alpha value is -3.84. The topological polar surface area (TPSA) is 79.2 Å². The molecule has 0 saturated carbocycles. The summed E-state index contributed by atoms with van der Waals surface area (Å²) in [6, 6.07) is 23.7. The van der Waals surface area contributed by atoms with Crippen LogP contribution in [0.5, 0.6) is 5.75 Å². The molecular weight excluding hydrogens is 448 g/mol. The van der Waals surface area contributed by atoms with Gasteiger partial charge in [0.05, 0.1) is 16.2 Å². The molecule has 0 atom stereocenters. The van der Waals surface area contributed by atoms with Crippen LogP contribution in [0.2, 0.25) is 0 Å². The van der Waals surface area contributed by atoms with Crippen LogP contribution < -0.4 is 4.74 Å². The van der Waals surface area contributed by atoms with Gasteiger partial charge in [-0.25, -0.2) is 9.79 Å². The van der Waals surface area contributed by atoms with Crippen LogP contribution in [0.3, 0.4) is 0 Å². The summed E-state index contributed by atoms with van der Waals surface area (Å²) in [6.07, 6.45) is 2.67. The standard InChI is InChI=1S/C27H24N2O4S/c1-2-16-29-25(30)24(34-27(29)28-22-9-4-3-5-10-22)17-21-8-6-7-11-23(21)33-18-19-12-14-20(15-13-19)26(31)32/h3-15,17H,2,16,18H2,1H3,(H,31,32)/b24-17-,28-27?. The van der Waals surface area contributed by atoms with E-state index in [1.165, 1.54) is 11.8 Å². The van der Waals surface area contributed by atoms with Crippen LogP contribution >= 0.6 is 11.8 Å². The number of nitrogens with zero attached hydrogens (tertiary/aromatic N) is 2. The fourth-order valence-electron chi connectivity index (χ4n) is 3.40. The van der Waals surface area contributed by atoms with Crippen molar-refractivity contribution >= 4 is 40.6 Å². The molecule has 0 radical (unpaired) electrons. The first-order valence-electron chi connectivity index (χ1n) is 10.9. The molecule has 3 aromatic rings. The first kappa shape index (κ1) is 23.3. The molecule has 0 aromatic heterocycles. The van der Waals surface area contributed by atoms with E-state index in [9.17, 15) is 9.59 Å². The number of amidine groups is 1.